The Balaban J connectivity index is 2.10. The molecule has 5 nitrogen and oxygen atoms in total. The molecule has 1 N–H and O–H groups in total. The van der Waals surface area contributed by atoms with Crippen LogP contribution in [-0.4, -0.2) is 36.0 Å². The van der Waals surface area contributed by atoms with Crippen molar-refractivity contribution >= 4 is 5.69 Å². The molecule has 0 aromatic heterocycles. The van der Waals surface area contributed by atoms with Gasteiger partial charge in [0.2, 0.25) is 5.82 Å². The number of likely N-dealkylation sites (N-methyl/N-ethyl adjacent to an activating group) is 1. The van der Waals surface area contributed by atoms with Gasteiger partial charge in [-0.3, -0.25) is 15.0 Å². The highest BCUT2D eigenvalue weighted by molar-refractivity contribution is 5.36. The summed E-state index contributed by atoms with van der Waals surface area (Å²) >= 11 is 0. The molecule has 1 saturated heterocycles. The molecule has 1 aliphatic rings. The molecule has 1 fully saturated rings. The van der Waals surface area contributed by atoms with E-state index >= 15 is 0 Å². The number of rotatable bonds is 4. The molecule has 0 radical (unpaired) electrons. The molecule has 1 atom stereocenters. The van der Waals surface area contributed by atoms with Gasteiger partial charge in [-0.1, -0.05) is 12.1 Å². The molecule has 1 aliphatic heterocycles. The monoisotopic (exact) mass is 267 g/mol. The zero-order chi connectivity index (χ0) is 13.8. The van der Waals surface area contributed by atoms with Gasteiger partial charge in [-0.15, -0.1) is 0 Å². The molecule has 1 aromatic rings. The number of nitro benzene ring substituents is 1. The molecule has 1 heterocycles. The number of hydrogen-bond acceptors (Lipinski definition) is 4. The number of nitro groups is 1. The van der Waals surface area contributed by atoms with E-state index in [2.05, 4.69) is 10.2 Å². The largest absolute Gasteiger partial charge is 0.316 e. The molecular formula is C13H18FN3O2. The van der Waals surface area contributed by atoms with Crippen LogP contribution in [0.1, 0.15) is 18.4 Å². The third-order valence-corrected chi connectivity index (χ3v) is 3.56. The van der Waals surface area contributed by atoms with Crippen molar-refractivity contribution in [3.05, 3.63) is 39.7 Å². The van der Waals surface area contributed by atoms with Gasteiger partial charge in [0.1, 0.15) is 0 Å². The van der Waals surface area contributed by atoms with E-state index in [1.165, 1.54) is 12.1 Å². The van der Waals surface area contributed by atoms with E-state index in [1.807, 2.05) is 7.05 Å². The van der Waals surface area contributed by atoms with Crippen LogP contribution in [0.3, 0.4) is 0 Å². The standard InChI is InChI=1S/C13H18FN3O2/c1-15-11-5-3-7-16(9-11)8-10-4-2-6-12(13(10)14)17(18)19/h2,4,6,11,15H,3,5,7-9H2,1H3. The Labute approximate surface area is 111 Å². The second kappa shape index (κ2) is 6.08. The van der Waals surface area contributed by atoms with Crippen molar-refractivity contribution in [2.45, 2.75) is 25.4 Å². The fourth-order valence-corrected chi connectivity index (χ4v) is 2.51. The number of halogens is 1. The van der Waals surface area contributed by atoms with Crippen molar-refractivity contribution in [3.8, 4) is 0 Å². The summed E-state index contributed by atoms with van der Waals surface area (Å²) in [5.74, 6) is -0.709. The Morgan fingerprint density at radius 1 is 1.58 bits per heavy atom. The second-order valence-electron chi connectivity index (χ2n) is 4.87. The lowest BCUT2D eigenvalue weighted by molar-refractivity contribution is -0.387. The van der Waals surface area contributed by atoms with Crippen LogP contribution in [0.2, 0.25) is 0 Å². The molecule has 6 heteroatoms. The first-order chi connectivity index (χ1) is 9.11. The predicted octanol–water partition coefficient (Wildman–Crippen LogP) is 1.92. The summed E-state index contributed by atoms with van der Waals surface area (Å²) in [6.07, 6.45) is 2.17. The first kappa shape index (κ1) is 13.9. The maximum atomic E-state index is 14.0. The molecular weight excluding hydrogens is 249 g/mol. The van der Waals surface area contributed by atoms with E-state index in [0.717, 1.165) is 25.9 Å². The highest BCUT2D eigenvalue weighted by Crippen LogP contribution is 2.22. The van der Waals surface area contributed by atoms with Crippen molar-refractivity contribution in [2.75, 3.05) is 20.1 Å². The number of benzene rings is 1. The quantitative estimate of drug-likeness (QED) is 0.669. The summed E-state index contributed by atoms with van der Waals surface area (Å²) in [6.45, 7) is 2.17. The Morgan fingerprint density at radius 3 is 3.05 bits per heavy atom. The SMILES string of the molecule is CNC1CCCN(Cc2cccc([N+](=O)[O-])c2F)C1. The lowest BCUT2D eigenvalue weighted by atomic mass is 10.0. The van der Waals surface area contributed by atoms with Gasteiger partial charge in [-0.05, 0) is 26.4 Å². The second-order valence-corrected chi connectivity index (χ2v) is 4.87. The summed E-state index contributed by atoms with van der Waals surface area (Å²) in [5, 5.41) is 13.9. The van der Waals surface area contributed by atoms with Crippen molar-refractivity contribution in [1.29, 1.82) is 0 Å². The van der Waals surface area contributed by atoms with Crippen LogP contribution >= 0.6 is 0 Å². The fourth-order valence-electron chi connectivity index (χ4n) is 2.51. The molecule has 0 saturated carbocycles. The van der Waals surface area contributed by atoms with Crippen molar-refractivity contribution in [3.63, 3.8) is 0 Å². The van der Waals surface area contributed by atoms with E-state index in [-0.39, 0.29) is 0 Å². The third-order valence-electron chi connectivity index (χ3n) is 3.56. The van der Waals surface area contributed by atoms with Gasteiger partial charge in [0.25, 0.3) is 0 Å². The van der Waals surface area contributed by atoms with Gasteiger partial charge in [0.15, 0.2) is 0 Å². The first-order valence-corrected chi connectivity index (χ1v) is 6.43. The third kappa shape index (κ3) is 3.27. The topological polar surface area (TPSA) is 58.4 Å². The zero-order valence-corrected chi connectivity index (χ0v) is 10.9. The summed E-state index contributed by atoms with van der Waals surface area (Å²) < 4.78 is 14.0. The Hall–Kier alpha value is -1.53. The van der Waals surface area contributed by atoms with Gasteiger partial charge in [0.05, 0.1) is 4.92 Å². The molecule has 1 aromatic carbocycles. The number of hydrogen-bond donors (Lipinski definition) is 1. The maximum Gasteiger partial charge on any atom is 0.305 e. The Morgan fingerprint density at radius 2 is 2.37 bits per heavy atom. The summed E-state index contributed by atoms with van der Waals surface area (Å²) in [6, 6.07) is 4.77. The zero-order valence-electron chi connectivity index (χ0n) is 10.9. The van der Waals surface area contributed by atoms with Gasteiger partial charge in [0, 0.05) is 30.8 Å². The Kier molecular flexibility index (Phi) is 4.44. The van der Waals surface area contributed by atoms with E-state index in [9.17, 15) is 14.5 Å². The number of piperidine rings is 1. The highest BCUT2D eigenvalue weighted by atomic mass is 19.1. The summed E-state index contributed by atoms with van der Waals surface area (Å²) in [4.78, 5) is 12.2. The highest BCUT2D eigenvalue weighted by Gasteiger charge is 2.22. The minimum absolute atomic E-state index is 0.394. The molecule has 2 rings (SSSR count). The van der Waals surface area contributed by atoms with Crippen LogP contribution in [0, 0.1) is 15.9 Å². The van der Waals surface area contributed by atoms with E-state index < -0.39 is 16.4 Å². The predicted molar refractivity (Wildman–Crippen MR) is 70.4 cm³/mol. The lowest BCUT2D eigenvalue weighted by Crippen LogP contribution is -2.44. The fraction of sp³-hybridized carbons (Fsp3) is 0.538. The molecule has 0 bridgehead atoms. The molecule has 0 spiro atoms. The maximum absolute atomic E-state index is 14.0. The smallest absolute Gasteiger partial charge is 0.305 e. The Bertz CT molecular complexity index is 467. The van der Waals surface area contributed by atoms with Crippen LogP contribution in [0.15, 0.2) is 18.2 Å². The van der Waals surface area contributed by atoms with Crippen LogP contribution in [0.4, 0.5) is 10.1 Å². The van der Waals surface area contributed by atoms with E-state index in [0.29, 0.717) is 18.2 Å². The minimum Gasteiger partial charge on any atom is -0.316 e. The van der Waals surface area contributed by atoms with Gasteiger partial charge < -0.3 is 5.32 Å². The summed E-state index contributed by atoms with van der Waals surface area (Å²) in [5.41, 5.74) is -0.0503. The molecule has 104 valence electrons. The molecule has 19 heavy (non-hydrogen) atoms. The van der Waals surface area contributed by atoms with E-state index in [4.69, 9.17) is 0 Å². The van der Waals surface area contributed by atoms with Crippen molar-refractivity contribution in [2.24, 2.45) is 0 Å². The minimum atomic E-state index is -0.709. The van der Waals surface area contributed by atoms with Gasteiger partial charge >= 0.3 is 5.69 Å². The number of nitrogens with zero attached hydrogens (tertiary/aromatic N) is 2. The van der Waals surface area contributed by atoms with Crippen LogP contribution < -0.4 is 5.32 Å². The van der Waals surface area contributed by atoms with Crippen LogP contribution in [0.5, 0.6) is 0 Å². The first-order valence-electron chi connectivity index (χ1n) is 6.43. The summed E-state index contributed by atoms with van der Waals surface area (Å²) in [7, 11) is 1.92. The average molecular weight is 267 g/mol. The van der Waals surface area contributed by atoms with Crippen LogP contribution in [-0.2, 0) is 6.54 Å². The van der Waals surface area contributed by atoms with E-state index in [1.54, 1.807) is 6.07 Å². The number of nitrogens with one attached hydrogen (secondary N) is 1. The van der Waals surface area contributed by atoms with Crippen molar-refractivity contribution in [1.82, 2.24) is 10.2 Å². The average Bonchev–Trinajstić information content (AvgIpc) is 2.41. The molecule has 1 unspecified atom stereocenters. The lowest BCUT2D eigenvalue weighted by Gasteiger charge is -2.32. The van der Waals surface area contributed by atoms with Crippen molar-refractivity contribution < 1.29 is 9.31 Å². The molecule has 0 amide bonds. The van der Waals surface area contributed by atoms with Gasteiger partial charge in [-0.2, -0.15) is 4.39 Å². The number of likely N-dealkylation sites (tertiary alicyclic amines) is 1. The normalized spacial score (nSPS) is 20.4. The molecule has 0 aliphatic carbocycles. The van der Waals surface area contributed by atoms with Crippen LogP contribution in [0.25, 0.3) is 0 Å². The van der Waals surface area contributed by atoms with Gasteiger partial charge in [-0.25, -0.2) is 0 Å².